The van der Waals surface area contributed by atoms with Gasteiger partial charge in [0, 0.05) is 11.6 Å². The van der Waals surface area contributed by atoms with E-state index in [2.05, 4.69) is 9.97 Å². The molecule has 0 saturated heterocycles. The molecular formula is C17H12ClN3O2S2. The Kier molecular flexibility index (Phi) is 3.87. The van der Waals surface area contributed by atoms with Crippen LogP contribution >= 0.6 is 22.9 Å². The van der Waals surface area contributed by atoms with Crippen molar-refractivity contribution in [3.8, 4) is 10.6 Å². The van der Waals surface area contributed by atoms with Gasteiger partial charge in [0.25, 0.3) is 10.0 Å². The Morgan fingerprint density at radius 3 is 2.52 bits per heavy atom. The number of thiophene rings is 1. The summed E-state index contributed by atoms with van der Waals surface area (Å²) >= 11 is 7.57. The number of hydrogen-bond donors (Lipinski definition) is 0. The third kappa shape index (κ3) is 2.74. The predicted octanol–water partition coefficient (Wildman–Crippen LogP) is 4.36. The van der Waals surface area contributed by atoms with Gasteiger partial charge in [-0.1, -0.05) is 23.8 Å². The molecule has 5 nitrogen and oxygen atoms in total. The van der Waals surface area contributed by atoms with Crippen LogP contribution in [0.1, 0.15) is 5.56 Å². The number of hydrogen-bond acceptors (Lipinski definition) is 5. The van der Waals surface area contributed by atoms with Gasteiger partial charge in [0.2, 0.25) is 5.28 Å². The third-order valence-corrected chi connectivity index (χ3v) is 6.54. The zero-order chi connectivity index (χ0) is 17.6. The highest BCUT2D eigenvalue weighted by Crippen LogP contribution is 2.32. The van der Waals surface area contributed by atoms with E-state index in [1.165, 1.54) is 17.5 Å². The maximum absolute atomic E-state index is 13.0. The van der Waals surface area contributed by atoms with E-state index in [1.807, 2.05) is 24.4 Å². The van der Waals surface area contributed by atoms with Crippen molar-refractivity contribution in [1.29, 1.82) is 0 Å². The van der Waals surface area contributed by atoms with Crippen LogP contribution in [0.15, 0.2) is 58.9 Å². The van der Waals surface area contributed by atoms with E-state index in [0.717, 1.165) is 14.4 Å². The first-order valence-corrected chi connectivity index (χ1v) is 10.1. The van der Waals surface area contributed by atoms with Crippen LogP contribution in [0.5, 0.6) is 0 Å². The first-order valence-electron chi connectivity index (χ1n) is 7.37. The van der Waals surface area contributed by atoms with E-state index >= 15 is 0 Å². The Morgan fingerprint density at radius 2 is 1.84 bits per heavy atom. The highest BCUT2D eigenvalue weighted by molar-refractivity contribution is 7.90. The molecule has 0 bridgehead atoms. The topological polar surface area (TPSA) is 64.8 Å². The summed E-state index contributed by atoms with van der Waals surface area (Å²) in [4.78, 5) is 9.54. The fourth-order valence-corrected chi connectivity index (χ4v) is 4.77. The van der Waals surface area contributed by atoms with Crippen LogP contribution in [0.2, 0.25) is 5.28 Å². The molecule has 25 heavy (non-hydrogen) atoms. The van der Waals surface area contributed by atoms with Gasteiger partial charge < -0.3 is 0 Å². The molecule has 0 saturated carbocycles. The molecule has 126 valence electrons. The maximum atomic E-state index is 13.0. The standard InChI is InChI=1S/C17H12ClN3O2S2/c1-11-4-6-12(7-5-11)25(22,23)21-9-8-13-15(14-3-2-10-24-14)19-17(18)20-16(13)21/h2-10H,1H3. The van der Waals surface area contributed by atoms with Crippen LogP contribution in [0, 0.1) is 6.92 Å². The normalized spacial score (nSPS) is 11.9. The molecule has 0 amide bonds. The zero-order valence-corrected chi connectivity index (χ0v) is 15.4. The second-order valence-electron chi connectivity index (χ2n) is 5.49. The Bertz CT molecular complexity index is 1160. The average Bonchev–Trinajstić information content (AvgIpc) is 3.24. The van der Waals surface area contributed by atoms with Crippen molar-refractivity contribution in [2.24, 2.45) is 0 Å². The van der Waals surface area contributed by atoms with Crippen LogP contribution in [0.25, 0.3) is 21.6 Å². The molecule has 1 aromatic carbocycles. The highest BCUT2D eigenvalue weighted by Gasteiger charge is 2.22. The monoisotopic (exact) mass is 389 g/mol. The second-order valence-corrected chi connectivity index (χ2v) is 8.59. The first-order chi connectivity index (χ1) is 12.0. The molecule has 8 heteroatoms. The van der Waals surface area contributed by atoms with E-state index in [9.17, 15) is 8.42 Å². The van der Waals surface area contributed by atoms with Crippen molar-refractivity contribution >= 4 is 44.0 Å². The summed E-state index contributed by atoms with van der Waals surface area (Å²) in [5, 5.41) is 2.58. The summed E-state index contributed by atoms with van der Waals surface area (Å²) < 4.78 is 27.1. The quantitative estimate of drug-likeness (QED) is 0.488. The lowest BCUT2D eigenvalue weighted by molar-refractivity contribution is 0.588. The van der Waals surface area contributed by atoms with Crippen LogP contribution in [-0.4, -0.2) is 22.4 Å². The van der Waals surface area contributed by atoms with Gasteiger partial charge in [0.1, 0.15) is 0 Å². The average molecular weight is 390 g/mol. The smallest absolute Gasteiger partial charge is 0.224 e. The summed E-state index contributed by atoms with van der Waals surface area (Å²) in [6.45, 7) is 1.90. The Balaban J connectivity index is 1.96. The predicted molar refractivity (Wildman–Crippen MR) is 99.6 cm³/mol. The van der Waals surface area contributed by atoms with E-state index in [-0.39, 0.29) is 15.8 Å². The van der Waals surface area contributed by atoms with Crippen molar-refractivity contribution in [2.75, 3.05) is 0 Å². The van der Waals surface area contributed by atoms with Crippen molar-refractivity contribution in [2.45, 2.75) is 11.8 Å². The number of fused-ring (bicyclic) bond motifs is 1. The molecule has 0 aliphatic rings. The zero-order valence-electron chi connectivity index (χ0n) is 13.0. The summed E-state index contributed by atoms with van der Waals surface area (Å²) in [6, 6.07) is 12.2. The molecule has 0 aliphatic carbocycles. The third-order valence-electron chi connectivity index (χ3n) is 3.82. The molecule has 0 N–H and O–H groups in total. The number of nitrogens with zero attached hydrogens (tertiary/aromatic N) is 3. The lowest BCUT2D eigenvalue weighted by atomic mass is 10.2. The minimum Gasteiger partial charge on any atom is -0.224 e. The molecule has 3 heterocycles. The van der Waals surface area contributed by atoms with Gasteiger partial charge in [-0.3, -0.25) is 0 Å². The number of benzene rings is 1. The molecule has 0 spiro atoms. The second kappa shape index (κ2) is 5.94. The maximum Gasteiger partial charge on any atom is 0.269 e. The van der Waals surface area contributed by atoms with Crippen LogP contribution in [-0.2, 0) is 10.0 Å². The first kappa shape index (κ1) is 16.3. The molecule has 0 fully saturated rings. The summed E-state index contributed by atoms with van der Waals surface area (Å²) in [5.74, 6) is 0. The molecule has 0 unspecified atom stereocenters. The Morgan fingerprint density at radius 1 is 1.08 bits per heavy atom. The largest absolute Gasteiger partial charge is 0.269 e. The van der Waals surface area contributed by atoms with Gasteiger partial charge in [-0.2, -0.15) is 4.98 Å². The van der Waals surface area contributed by atoms with Crippen molar-refractivity contribution in [3.63, 3.8) is 0 Å². The van der Waals surface area contributed by atoms with Crippen molar-refractivity contribution in [1.82, 2.24) is 13.9 Å². The molecule has 4 rings (SSSR count). The van der Waals surface area contributed by atoms with E-state index in [4.69, 9.17) is 11.6 Å². The number of aromatic nitrogens is 3. The molecular weight excluding hydrogens is 378 g/mol. The van der Waals surface area contributed by atoms with Crippen LogP contribution in [0.4, 0.5) is 0 Å². The Hall–Kier alpha value is -2.22. The summed E-state index contributed by atoms with van der Waals surface area (Å²) in [5.41, 5.74) is 1.88. The molecule has 4 aromatic rings. The van der Waals surface area contributed by atoms with Crippen LogP contribution in [0.3, 0.4) is 0 Å². The SMILES string of the molecule is Cc1ccc(S(=O)(=O)n2ccc3c(-c4cccs4)nc(Cl)nc32)cc1. The van der Waals surface area contributed by atoms with Gasteiger partial charge in [-0.25, -0.2) is 17.4 Å². The van der Waals surface area contributed by atoms with Crippen LogP contribution < -0.4 is 0 Å². The van der Waals surface area contributed by atoms with Gasteiger partial charge >= 0.3 is 0 Å². The van der Waals surface area contributed by atoms with Gasteiger partial charge in [0.15, 0.2) is 5.65 Å². The van der Waals surface area contributed by atoms with Crippen molar-refractivity contribution in [3.05, 3.63) is 64.9 Å². The number of aryl methyl sites for hydroxylation is 1. The lowest BCUT2D eigenvalue weighted by Gasteiger charge is -2.08. The molecule has 0 radical (unpaired) electrons. The minimum atomic E-state index is -3.77. The van der Waals surface area contributed by atoms with Crippen molar-refractivity contribution < 1.29 is 8.42 Å². The number of halogens is 1. The molecule has 0 aliphatic heterocycles. The molecule has 3 aromatic heterocycles. The molecule has 0 atom stereocenters. The Labute approximate surface area is 153 Å². The minimum absolute atomic E-state index is 0.00922. The lowest BCUT2D eigenvalue weighted by Crippen LogP contribution is -2.12. The van der Waals surface area contributed by atoms with E-state index in [0.29, 0.717) is 11.1 Å². The van der Waals surface area contributed by atoms with E-state index < -0.39 is 10.0 Å². The summed E-state index contributed by atoms with van der Waals surface area (Å²) in [6.07, 6.45) is 1.49. The van der Waals surface area contributed by atoms with Gasteiger partial charge in [0.05, 0.1) is 15.5 Å². The van der Waals surface area contributed by atoms with Gasteiger partial charge in [-0.05, 0) is 48.2 Å². The highest BCUT2D eigenvalue weighted by atomic mass is 35.5. The van der Waals surface area contributed by atoms with Gasteiger partial charge in [-0.15, -0.1) is 11.3 Å². The summed E-state index contributed by atoms with van der Waals surface area (Å²) in [7, 11) is -3.77. The number of rotatable bonds is 3. The fraction of sp³-hybridized carbons (Fsp3) is 0.0588. The van der Waals surface area contributed by atoms with E-state index in [1.54, 1.807) is 30.3 Å². The fourth-order valence-electron chi connectivity index (χ4n) is 2.58.